The molecule has 0 aromatic rings. The highest BCUT2D eigenvalue weighted by molar-refractivity contribution is 4.89. The van der Waals surface area contributed by atoms with Gasteiger partial charge in [-0.2, -0.15) is 0 Å². The van der Waals surface area contributed by atoms with E-state index in [1.807, 2.05) is 0 Å². The molecule has 2 aliphatic rings. The fourth-order valence-electron chi connectivity index (χ4n) is 3.19. The molecule has 1 heterocycles. The van der Waals surface area contributed by atoms with E-state index in [2.05, 4.69) is 24.5 Å². The highest BCUT2D eigenvalue weighted by Crippen LogP contribution is 2.43. The Labute approximate surface area is 101 Å². The van der Waals surface area contributed by atoms with Gasteiger partial charge in [0.05, 0.1) is 0 Å². The van der Waals surface area contributed by atoms with Crippen molar-refractivity contribution in [1.29, 1.82) is 0 Å². The second kappa shape index (κ2) is 5.50. The molecular weight excluding hydrogens is 196 g/mol. The SMILES string of the molecule is CCC1(CNC(C)CC2CCCN2)CCC1. The summed E-state index contributed by atoms with van der Waals surface area (Å²) in [6.07, 6.45) is 9.76. The van der Waals surface area contributed by atoms with Crippen molar-refractivity contribution in [3.8, 4) is 0 Å². The molecule has 94 valence electrons. The van der Waals surface area contributed by atoms with Gasteiger partial charge in [0, 0.05) is 18.6 Å². The predicted molar refractivity (Wildman–Crippen MR) is 69.7 cm³/mol. The van der Waals surface area contributed by atoms with Gasteiger partial charge >= 0.3 is 0 Å². The van der Waals surface area contributed by atoms with Crippen LogP contribution in [0.15, 0.2) is 0 Å². The summed E-state index contributed by atoms with van der Waals surface area (Å²) in [5.74, 6) is 0. The van der Waals surface area contributed by atoms with E-state index in [1.54, 1.807) is 0 Å². The standard InChI is InChI=1S/C14H28N2/c1-3-14(7-5-8-14)11-16-12(2)10-13-6-4-9-15-13/h12-13,15-16H,3-11H2,1-2H3. The third kappa shape index (κ3) is 2.98. The Bertz CT molecular complexity index is 199. The van der Waals surface area contributed by atoms with Crippen molar-refractivity contribution in [3.63, 3.8) is 0 Å². The van der Waals surface area contributed by atoms with Gasteiger partial charge in [0.1, 0.15) is 0 Å². The van der Waals surface area contributed by atoms with Crippen LogP contribution in [0.1, 0.15) is 58.8 Å². The van der Waals surface area contributed by atoms with Gasteiger partial charge in [0.25, 0.3) is 0 Å². The summed E-state index contributed by atoms with van der Waals surface area (Å²) in [6, 6.07) is 1.46. The molecule has 2 fully saturated rings. The highest BCUT2D eigenvalue weighted by Gasteiger charge is 2.34. The van der Waals surface area contributed by atoms with E-state index < -0.39 is 0 Å². The number of hydrogen-bond acceptors (Lipinski definition) is 2. The molecule has 2 N–H and O–H groups in total. The molecule has 2 heteroatoms. The summed E-state index contributed by atoms with van der Waals surface area (Å²) in [6.45, 7) is 7.18. The summed E-state index contributed by atoms with van der Waals surface area (Å²) in [7, 11) is 0. The van der Waals surface area contributed by atoms with Gasteiger partial charge in [-0.1, -0.05) is 13.3 Å². The molecule has 16 heavy (non-hydrogen) atoms. The molecule has 2 nitrogen and oxygen atoms in total. The lowest BCUT2D eigenvalue weighted by molar-refractivity contribution is 0.119. The van der Waals surface area contributed by atoms with Crippen LogP contribution in [0, 0.1) is 5.41 Å². The van der Waals surface area contributed by atoms with E-state index in [-0.39, 0.29) is 0 Å². The molecule has 2 rings (SSSR count). The van der Waals surface area contributed by atoms with Gasteiger partial charge in [0.2, 0.25) is 0 Å². The van der Waals surface area contributed by atoms with Gasteiger partial charge < -0.3 is 10.6 Å². The maximum absolute atomic E-state index is 3.76. The molecular formula is C14H28N2. The minimum Gasteiger partial charge on any atom is -0.314 e. The molecule has 0 amide bonds. The number of nitrogens with one attached hydrogen (secondary N) is 2. The van der Waals surface area contributed by atoms with Crippen LogP contribution in [0.25, 0.3) is 0 Å². The van der Waals surface area contributed by atoms with Crippen LogP contribution >= 0.6 is 0 Å². The van der Waals surface area contributed by atoms with Crippen LogP contribution in [-0.4, -0.2) is 25.2 Å². The Kier molecular flexibility index (Phi) is 4.26. The molecule has 2 atom stereocenters. The van der Waals surface area contributed by atoms with Crippen molar-refractivity contribution in [1.82, 2.24) is 10.6 Å². The van der Waals surface area contributed by atoms with Gasteiger partial charge in [0.15, 0.2) is 0 Å². The lowest BCUT2D eigenvalue weighted by Crippen LogP contribution is -2.44. The first-order valence-corrected chi connectivity index (χ1v) is 7.21. The minimum absolute atomic E-state index is 0.664. The van der Waals surface area contributed by atoms with Gasteiger partial charge in [-0.15, -0.1) is 0 Å². The van der Waals surface area contributed by atoms with Gasteiger partial charge in [-0.05, 0) is 57.4 Å². The summed E-state index contributed by atoms with van der Waals surface area (Å²) in [4.78, 5) is 0. The zero-order valence-electron chi connectivity index (χ0n) is 11.0. The zero-order valence-corrected chi connectivity index (χ0v) is 11.0. The van der Waals surface area contributed by atoms with Crippen molar-refractivity contribution >= 4 is 0 Å². The molecule has 0 radical (unpaired) electrons. The maximum atomic E-state index is 3.76. The molecule has 1 saturated heterocycles. The van der Waals surface area contributed by atoms with Crippen LogP contribution in [0.2, 0.25) is 0 Å². The number of hydrogen-bond donors (Lipinski definition) is 2. The van der Waals surface area contributed by atoms with Crippen LogP contribution in [0.5, 0.6) is 0 Å². The fourth-order valence-corrected chi connectivity index (χ4v) is 3.19. The van der Waals surface area contributed by atoms with Crippen LogP contribution in [0.4, 0.5) is 0 Å². The second-order valence-electron chi connectivity index (χ2n) is 6.02. The largest absolute Gasteiger partial charge is 0.314 e. The summed E-state index contributed by atoms with van der Waals surface area (Å²) in [5, 5.41) is 7.35. The van der Waals surface area contributed by atoms with Crippen LogP contribution in [0.3, 0.4) is 0 Å². The van der Waals surface area contributed by atoms with Crippen molar-refractivity contribution in [2.24, 2.45) is 5.41 Å². The normalized spacial score (nSPS) is 30.0. The topological polar surface area (TPSA) is 24.1 Å². The van der Waals surface area contributed by atoms with E-state index in [1.165, 1.54) is 58.0 Å². The van der Waals surface area contributed by atoms with E-state index >= 15 is 0 Å². The first-order valence-electron chi connectivity index (χ1n) is 7.21. The lowest BCUT2D eigenvalue weighted by atomic mass is 9.67. The smallest absolute Gasteiger partial charge is 0.00822 e. The summed E-state index contributed by atoms with van der Waals surface area (Å²) >= 11 is 0. The predicted octanol–water partition coefficient (Wildman–Crippen LogP) is 2.69. The van der Waals surface area contributed by atoms with Crippen LogP contribution in [-0.2, 0) is 0 Å². The molecule has 0 aromatic heterocycles. The molecule has 2 unspecified atom stereocenters. The van der Waals surface area contributed by atoms with E-state index in [0.717, 1.165) is 6.04 Å². The molecule has 0 spiro atoms. The molecule has 0 bridgehead atoms. The van der Waals surface area contributed by atoms with E-state index in [0.29, 0.717) is 11.5 Å². The average molecular weight is 224 g/mol. The Morgan fingerprint density at radius 2 is 2.19 bits per heavy atom. The monoisotopic (exact) mass is 224 g/mol. The minimum atomic E-state index is 0.664. The molecule has 1 aliphatic carbocycles. The third-order valence-corrected chi connectivity index (χ3v) is 4.79. The Morgan fingerprint density at radius 1 is 1.38 bits per heavy atom. The third-order valence-electron chi connectivity index (χ3n) is 4.79. The summed E-state index contributed by atoms with van der Waals surface area (Å²) < 4.78 is 0. The van der Waals surface area contributed by atoms with Crippen molar-refractivity contribution in [2.75, 3.05) is 13.1 Å². The number of rotatable bonds is 6. The Morgan fingerprint density at radius 3 is 2.69 bits per heavy atom. The van der Waals surface area contributed by atoms with Gasteiger partial charge in [-0.25, -0.2) is 0 Å². The lowest BCUT2D eigenvalue weighted by Gasteiger charge is -2.42. The maximum Gasteiger partial charge on any atom is 0.00822 e. The van der Waals surface area contributed by atoms with Crippen molar-refractivity contribution < 1.29 is 0 Å². The van der Waals surface area contributed by atoms with E-state index in [4.69, 9.17) is 0 Å². The van der Waals surface area contributed by atoms with Crippen molar-refractivity contribution in [3.05, 3.63) is 0 Å². The van der Waals surface area contributed by atoms with E-state index in [9.17, 15) is 0 Å². The first-order chi connectivity index (χ1) is 7.74. The van der Waals surface area contributed by atoms with Crippen molar-refractivity contribution in [2.45, 2.75) is 70.9 Å². The molecule has 0 aromatic carbocycles. The zero-order chi connectivity index (χ0) is 11.4. The highest BCUT2D eigenvalue weighted by atomic mass is 15.0. The Hall–Kier alpha value is -0.0800. The quantitative estimate of drug-likeness (QED) is 0.725. The van der Waals surface area contributed by atoms with Crippen LogP contribution < -0.4 is 10.6 Å². The van der Waals surface area contributed by atoms with Gasteiger partial charge in [-0.3, -0.25) is 0 Å². The first kappa shape index (κ1) is 12.4. The summed E-state index contributed by atoms with van der Waals surface area (Å²) in [5.41, 5.74) is 0.664. The fraction of sp³-hybridized carbons (Fsp3) is 1.00. The molecule has 1 saturated carbocycles. The Balaban J connectivity index is 1.64. The second-order valence-corrected chi connectivity index (χ2v) is 6.02. The average Bonchev–Trinajstić information content (AvgIpc) is 2.69. The molecule has 1 aliphatic heterocycles.